The number of carbonyl (C=O) groups excluding carboxylic acids is 1. The zero-order valence-electron chi connectivity index (χ0n) is 16.9. The highest BCUT2D eigenvalue weighted by Crippen LogP contribution is 2.35. The summed E-state index contributed by atoms with van der Waals surface area (Å²) < 4.78 is 81.5. The molecule has 12 heteroatoms. The number of carbonyl (C=O) groups is 1. The van der Waals surface area contributed by atoms with Crippen LogP contribution in [0.2, 0.25) is 5.02 Å². The SMILES string of the molecule is O=C(NC(c1cccc[nH+]1)C(F)(F)F)c1[nH]c(-c2ccc(C(F)(F)F)cc2Cl)[n+]2ccccc12. The van der Waals surface area contributed by atoms with Gasteiger partial charge in [0.2, 0.25) is 17.4 Å². The molecule has 34 heavy (non-hydrogen) atoms. The number of nitrogens with one attached hydrogen (secondary N) is 3. The van der Waals surface area contributed by atoms with E-state index in [-0.39, 0.29) is 33.3 Å². The summed E-state index contributed by atoms with van der Waals surface area (Å²) >= 11 is 6.10. The van der Waals surface area contributed by atoms with Crippen molar-refractivity contribution in [3.05, 3.63) is 89.0 Å². The van der Waals surface area contributed by atoms with Gasteiger partial charge in [0, 0.05) is 12.1 Å². The largest absolute Gasteiger partial charge is 0.418 e. The van der Waals surface area contributed by atoms with Crippen LogP contribution in [-0.2, 0) is 6.18 Å². The number of pyridine rings is 2. The number of imidazole rings is 1. The Morgan fingerprint density at radius 2 is 1.76 bits per heavy atom. The topological polar surface area (TPSA) is 63.1 Å². The summed E-state index contributed by atoms with van der Waals surface area (Å²) in [5, 5.41) is 1.71. The molecular weight excluding hydrogens is 486 g/mol. The Morgan fingerprint density at radius 1 is 1.03 bits per heavy atom. The zero-order chi connectivity index (χ0) is 24.7. The van der Waals surface area contributed by atoms with Crippen LogP contribution in [0.15, 0.2) is 67.0 Å². The molecule has 0 aliphatic carbocycles. The first-order valence-corrected chi connectivity index (χ1v) is 10.1. The van der Waals surface area contributed by atoms with Gasteiger partial charge in [-0.3, -0.25) is 4.79 Å². The van der Waals surface area contributed by atoms with Crippen LogP contribution >= 0.6 is 11.6 Å². The van der Waals surface area contributed by atoms with Gasteiger partial charge in [-0.2, -0.15) is 30.7 Å². The van der Waals surface area contributed by atoms with Crippen molar-refractivity contribution in [2.24, 2.45) is 0 Å². The van der Waals surface area contributed by atoms with E-state index in [9.17, 15) is 31.1 Å². The molecule has 3 N–H and O–H groups in total. The Bertz CT molecular complexity index is 1350. The van der Waals surface area contributed by atoms with Gasteiger partial charge < -0.3 is 5.32 Å². The van der Waals surface area contributed by atoms with Gasteiger partial charge in [-0.25, -0.2) is 9.97 Å². The Kier molecular flexibility index (Phi) is 5.98. The van der Waals surface area contributed by atoms with Crippen molar-refractivity contribution in [2.75, 3.05) is 0 Å². The fraction of sp³-hybridized carbons (Fsp3) is 0.136. The molecule has 0 aliphatic heterocycles. The van der Waals surface area contributed by atoms with Crippen LogP contribution in [0.25, 0.3) is 16.9 Å². The average Bonchev–Trinajstić information content (AvgIpc) is 3.16. The Morgan fingerprint density at radius 3 is 2.38 bits per heavy atom. The third-order valence-electron chi connectivity index (χ3n) is 5.03. The highest BCUT2D eigenvalue weighted by atomic mass is 35.5. The summed E-state index contributed by atoms with van der Waals surface area (Å²) in [7, 11) is 0. The van der Waals surface area contributed by atoms with Crippen LogP contribution in [-0.4, -0.2) is 17.1 Å². The summed E-state index contributed by atoms with van der Waals surface area (Å²) in [6.07, 6.45) is -6.62. The Labute approximate surface area is 193 Å². The lowest BCUT2D eigenvalue weighted by Crippen LogP contribution is -2.41. The van der Waals surface area contributed by atoms with Gasteiger partial charge in [0.1, 0.15) is 0 Å². The molecule has 3 aromatic heterocycles. The second-order valence-electron chi connectivity index (χ2n) is 7.26. The molecule has 3 heterocycles. The molecule has 1 aromatic carbocycles. The third kappa shape index (κ3) is 4.56. The van der Waals surface area contributed by atoms with Crippen molar-refractivity contribution in [1.82, 2.24) is 10.3 Å². The Hall–Kier alpha value is -3.60. The minimum absolute atomic E-state index is 0.120. The molecule has 5 nitrogen and oxygen atoms in total. The number of H-pyrrole nitrogens is 2. The van der Waals surface area contributed by atoms with Crippen molar-refractivity contribution in [3.8, 4) is 11.4 Å². The van der Waals surface area contributed by atoms with Crippen molar-refractivity contribution < 1.29 is 40.5 Å². The molecule has 0 bridgehead atoms. The van der Waals surface area contributed by atoms with E-state index in [4.69, 9.17) is 11.6 Å². The molecule has 0 spiro atoms. The first kappa shape index (κ1) is 23.6. The molecule has 4 rings (SSSR count). The number of halogens is 7. The molecule has 0 fully saturated rings. The standard InChI is InChI=1S/C22H13ClF6N4O/c23-14-11-12(21(24,25)26)7-8-13(14)19-31-17(16-6-2-4-10-33(16)19)20(34)32-18(22(27,28)29)15-5-1-3-9-30-15/h1-11,18H,(H,32,34)/p+2. The predicted octanol–water partition coefficient (Wildman–Crippen LogP) is 4.94. The summed E-state index contributed by atoms with van der Waals surface area (Å²) in [5.41, 5.74) is -1.15. The van der Waals surface area contributed by atoms with Crippen LogP contribution in [0.1, 0.15) is 27.8 Å². The van der Waals surface area contributed by atoms with Gasteiger partial charge in [-0.1, -0.05) is 23.7 Å². The van der Waals surface area contributed by atoms with Crippen molar-refractivity contribution in [3.63, 3.8) is 0 Å². The van der Waals surface area contributed by atoms with E-state index in [1.54, 1.807) is 12.1 Å². The number of amides is 1. The molecular formula is C22H15ClF6N4O+2. The summed E-state index contributed by atoms with van der Waals surface area (Å²) in [4.78, 5) is 18.1. The number of aromatic nitrogens is 3. The minimum atomic E-state index is -4.80. The van der Waals surface area contributed by atoms with Crippen LogP contribution in [0, 0.1) is 0 Å². The summed E-state index contributed by atoms with van der Waals surface area (Å²) in [6.45, 7) is 0. The normalized spacial score (nSPS) is 13.1. The first-order valence-electron chi connectivity index (χ1n) is 9.70. The van der Waals surface area contributed by atoms with E-state index < -0.39 is 29.9 Å². The third-order valence-corrected chi connectivity index (χ3v) is 5.34. The lowest BCUT2D eigenvalue weighted by atomic mass is 10.1. The number of rotatable bonds is 4. The molecule has 4 aromatic rings. The average molecular weight is 501 g/mol. The van der Waals surface area contributed by atoms with Crippen molar-refractivity contribution in [2.45, 2.75) is 18.4 Å². The molecule has 0 radical (unpaired) electrons. The highest BCUT2D eigenvalue weighted by molar-refractivity contribution is 6.33. The van der Waals surface area contributed by atoms with E-state index in [1.165, 1.54) is 41.1 Å². The van der Waals surface area contributed by atoms with Gasteiger partial charge in [-0.15, -0.1) is 0 Å². The fourth-order valence-corrected chi connectivity index (χ4v) is 3.73. The molecule has 0 saturated heterocycles. The maximum absolute atomic E-state index is 13.7. The summed E-state index contributed by atoms with van der Waals surface area (Å²) in [6, 6.07) is 9.04. The highest BCUT2D eigenvalue weighted by Gasteiger charge is 2.46. The van der Waals surface area contributed by atoms with E-state index in [2.05, 4.69) is 9.97 Å². The van der Waals surface area contributed by atoms with Gasteiger partial charge >= 0.3 is 12.4 Å². The number of benzene rings is 1. The van der Waals surface area contributed by atoms with E-state index in [0.717, 1.165) is 18.2 Å². The molecule has 1 unspecified atom stereocenters. The summed E-state index contributed by atoms with van der Waals surface area (Å²) in [5.74, 6) is -0.952. The number of nitrogens with zero attached hydrogens (tertiary/aromatic N) is 1. The zero-order valence-corrected chi connectivity index (χ0v) is 17.7. The second kappa shape index (κ2) is 8.64. The number of hydrogen-bond acceptors (Lipinski definition) is 1. The molecule has 176 valence electrons. The predicted molar refractivity (Wildman–Crippen MR) is 109 cm³/mol. The number of alkyl halides is 6. The smallest absolute Gasteiger partial charge is 0.328 e. The number of aromatic amines is 2. The first-order chi connectivity index (χ1) is 16.0. The van der Waals surface area contributed by atoms with E-state index in [0.29, 0.717) is 0 Å². The van der Waals surface area contributed by atoms with Crippen molar-refractivity contribution >= 4 is 23.0 Å². The molecule has 0 saturated carbocycles. The van der Waals surface area contributed by atoms with Gasteiger partial charge in [0.25, 0.3) is 11.7 Å². The minimum Gasteiger partial charge on any atom is -0.328 e. The maximum Gasteiger partial charge on any atom is 0.418 e. The molecule has 1 amide bonds. The lowest BCUT2D eigenvalue weighted by molar-refractivity contribution is -0.498. The van der Waals surface area contributed by atoms with Crippen LogP contribution < -0.4 is 14.7 Å². The maximum atomic E-state index is 13.7. The number of fused-ring (bicyclic) bond motifs is 1. The number of hydrogen-bond donors (Lipinski definition) is 2. The fourth-order valence-electron chi connectivity index (χ4n) is 3.46. The lowest BCUT2D eigenvalue weighted by Gasteiger charge is -2.17. The van der Waals surface area contributed by atoms with Gasteiger partial charge in [0.05, 0.1) is 22.3 Å². The van der Waals surface area contributed by atoms with Crippen LogP contribution in [0.5, 0.6) is 0 Å². The van der Waals surface area contributed by atoms with Crippen molar-refractivity contribution in [1.29, 1.82) is 0 Å². The monoisotopic (exact) mass is 500 g/mol. The molecule has 1 atom stereocenters. The second-order valence-corrected chi connectivity index (χ2v) is 7.67. The van der Waals surface area contributed by atoms with Crippen LogP contribution in [0.3, 0.4) is 0 Å². The molecule has 0 aliphatic rings. The Balaban J connectivity index is 1.77. The van der Waals surface area contributed by atoms with E-state index in [1.807, 2.05) is 5.32 Å². The van der Waals surface area contributed by atoms with Gasteiger partial charge in [-0.05, 0) is 30.3 Å². The van der Waals surface area contributed by atoms with Crippen LogP contribution in [0.4, 0.5) is 26.3 Å². The van der Waals surface area contributed by atoms with Gasteiger partial charge in [0.15, 0.2) is 11.7 Å². The van der Waals surface area contributed by atoms with E-state index >= 15 is 0 Å². The quantitative estimate of drug-likeness (QED) is 0.303.